The summed E-state index contributed by atoms with van der Waals surface area (Å²) in [5, 5.41) is 3.17. The van der Waals surface area contributed by atoms with Crippen molar-refractivity contribution in [2.45, 2.75) is 6.54 Å². The van der Waals surface area contributed by atoms with Gasteiger partial charge in [-0.3, -0.25) is 4.98 Å². The lowest BCUT2D eigenvalue weighted by atomic mass is 10.3. The molecule has 0 aromatic carbocycles. The number of aromatic nitrogens is 3. The van der Waals surface area contributed by atoms with E-state index in [2.05, 4.69) is 20.3 Å². The molecule has 0 bridgehead atoms. The Morgan fingerprint density at radius 1 is 1.24 bits per heavy atom. The van der Waals surface area contributed by atoms with Crippen molar-refractivity contribution >= 4 is 11.6 Å². The van der Waals surface area contributed by atoms with Crippen LogP contribution in [0, 0.1) is 0 Å². The smallest absolute Gasteiger partial charge is 0.144 e. The van der Waals surface area contributed by atoms with E-state index < -0.39 is 0 Å². The zero-order valence-corrected chi connectivity index (χ0v) is 9.96. The third-order valence-corrected chi connectivity index (χ3v) is 2.26. The quantitative estimate of drug-likeness (QED) is 0.862. The van der Waals surface area contributed by atoms with Crippen LogP contribution in [0.4, 0.5) is 11.6 Å². The first-order chi connectivity index (χ1) is 8.25. The SMILES string of the molecule is CN(C)c1cccc(CNc2cnccn2)n1. The average molecular weight is 229 g/mol. The largest absolute Gasteiger partial charge is 0.363 e. The highest BCUT2D eigenvalue weighted by Crippen LogP contribution is 2.09. The molecule has 0 spiro atoms. The number of nitrogens with one attached hydrogen (secondary N) is 1. The fourth-order valence-corrected chi connectivity index (χ4v) is 1.39. The van der Waals surface area contributed by atoms with Gasteiger partial charge in [-0.2, -0.15) is 0 Å². The molecule has 0 aliphatic carbocycles. The van der Waals surface area contributed by atoms with Crippen molar-refractivity contribution in [3.05, 3.63) is 42.5 Å². The van der Waals surface area contributed by atoms with Gasteiger partial charge in [-0.15, -0.1) is 0 Å². The molecule has 1 N–H and O–H groups in total. The zero-order chi connectivity index (χ0) is 12.1. The molecular formula is C12H15N5. The molecule has 0 aliphatic rings. The molecule has 88 valence electrons. The molecule has 2 aromatic heterocycles. The first-order valence-electron chi connectivity index (χ1n) is 5.39. The first-order valence-corrected chi connectivity index (χ1v) is 5.39. The van der Waals surface area contributed by atoms with Gasteiger partial charge in [-0.05, 0) is 12.1 Å². The molecule has 0 fully saturated rings. The van der Waals surface area contributed by atoms with Crippen LogP contribution in [0.2, 0.25) is 0 Å². The summed E-state index contributed by atoms with van der Waals surface area (Å²) in [7, 11) is 3.95. The Kier molecular flexibility index (Phi) is 3.49. The van der Waals surface area contributed by atoms with Gasteiger partial charge in [0.1, 0.15) is 11.6 Å². The van der Waals surface area contributed by atoms with Crippen molar-refractivity contribution in [3.8, 4) is 0 Å². The molecule has 0 unspecified atom stereocenters. The van der Waals surface area contributed by atoms with E-state index in [4.69, 9.17) is 0 Å². The lowest BCUT2D eigenvalue weighted by Gasteiger charge is -2.12. The number of hydrogen-bond acceptors (Lipinski definition) is 5. The third-order valence-electron chi connectivity index (χ3n) is 2.26. The molecule has 2 aromatic rings. The highest BCUT2D eigenvalue weighted by Gasteiger charge is 1.99. The summed E-state index contributed by atoms with van der Waals surface area (Å²) in [6, 6.07) is 5.96. The number of hydrogen-bond donors (Lipinski definition) is 1. The van der Waals surface area contributed by atoms with Crippen LogP contribution in [0.5, 0.6) is 0 Å². The van der Waals surface area contributed by atoms with E-state index in [9.17, 15) is 0 Å². The summed E-state index contributed by atoms with van der Waals surface area (Å²) in [6.07, 6.45) is 5.00. The predicted octanol–water partition coefficient (Wildman–Crippen LogP) is 1.55. The van der Waals surface area contributed by atoms with Gasteiger partial charge in [0, 0.05) is 26.5 Å². The minimum absolute atomic E-state index is 0.639. The topological polar surface area (TPSA) is 53.9 Å². The highest BCUT2D eigenvalue weighted by molar-refractivity contribution is 5.38. The van der Waals surface area contributed by atoms with Gasteiger partial charge in [-0.1, -0.05) is 6.07 Å². The van der Waals surface area contributed by atoms with Crippen molar-refractivity contribution in [2.24, 2.45) is 0 Å². The zero-order valence-electron chi connectivity index (χ0n) is 9.96. The van der Waals surface area contributed by atoms with Crippen molar-refractivity contribution in [1.29, 1.82) is 0 Å². The molecule has 0 atom stereocenters. The molecule has 0 amide bonds. The number of pyridine rings is 1. The van der Waals surface area contributed by atoms with E-state index in [0.717, 1.165) is 17.3 Å². The maximum Gasteiger partial charge on any atom is 0.144 e. The van der Waals surface area contributed by atoms with E-state index in [1.54, 1.807) is 18.6 Å². The van der Waals surface area contributed by atoms with E-state index in [0.29, 0.717) is 6.54 Å². The molecule has 2 heterocycles. The van der Waals surface area contributed by atoms with Crippen LogP contribution in [0.3, 0.4) is 0 Å². The average Bonchev–Trinajstić information content (AvgIpc) is 2.38. The van der Waals surface area contributed by atoms with Crippen LogP contribution in [-0.2, 0) is 6.54 Å². The maximum absolute atomic E-state index is 4.50. The van der Waals surface area contributed by atoms with Crippen molar-refractivity contribution in [2.75, 3.05) is 24.3 Å². The molecule has 0 radical (unpaired) electrons. The molecule has 0 saturated heterocycles. The van der Waals surface area contributed by atoms with E-state index in [1.165, 1.54) is 0 Å². The molecular weight excluding hydrogens is 214 g/mol. The molecule has 2 rings (SSSR count). The van der Waals surface area contributed by atoms with Crippen molar-refractivity contribution in [3.63, 3.8) is 0 Å². The standard InChI is InChI=1S/C12H15N5/c1-17(2)12-5-3-4-10(16-12)8-15-11-9-13-6-7-14-11/h3-7,9H,8H2,1-2H3,(H,14,15). The van der Waals surface area contributed by atoms with E-state index >= 15 is 0 Å². The minimum atomic E-state index is 0.639. The van der Waals surface area contributed by atoms with Gasteiger partial charge in [-0.25, -0.2) is 9.97 Å². The summed E-state index contributed by atoms with van der Waals surface area (Å²) in [4.78, 5) is 14.6. The van der Waals surface area contributed by atoms with Crippen LogP contribution in [0.15, 0.2) is 36.8 Å². The molecule has 0 saturated carbocycles. The fourth-order valence-electron chi connectivity index (χ4n) is 1.39. The van der Waals surface area contributed by atoms with Crippen molar-refractivity contribution < 1.29 is 0 Å². The summed E-state index contributed by atoms with van der Waals surface area (Å²) in [5.74, 6) is 1.70. The van der Waals surface area contributed by atoms with Crippen LogP contribution < -0.4 is 10.2 Å². The van der Waals surface area contributed by atoms with Crippen LogP contribution in [0.25, 0.3) is 0 Å². The van der Waals surface area contributed by atoms with Gasteiger partial charge in [0.2, 0.25) is 0 Å². The van der Waals surface area contributed by atoms with Crippen LogP contribution >= 0.6 is 0 Å². The lowest BCUT2D eigenvalue weighted by molar-refractivity contribution is 0.984. The van der Waals surface area contributed by atoms with Gasteiger partial charge >= 0.3 is 0 Å². The Labute approximate surface area is 101 Å². The van der Waals surface area contributed by atoms with Gasteiger partial charge in [0.05, 0.1) is 18.4 Å². The van der Waals surface area contributed by atoms with E-state index in [-0.39, 0.29) is 0 Å². The normalized spacial score (nSPS) is 10.0. The summed E-state index contributed by atoms with van der Waals surface area (Å²) in [6.45, 7) is 0.639. The Morgan fingerprint density at radius 2 is 2.12 bits per heavy atom. The Balaban J connectivity index is 2.02. The first kappa shape index (κ1) is 11.3. The van der Waals surface area contributed by atoms with Crippen LogP contribution in [-0.4, -0.2) is 29.0 Å². The summed E-state index contributed by atoms with van der Waals surface area (Å²) >= 11 is 0. The van der Waals surface area contributed by atoms with E-state index in [1.807, 2.05) is 37.2 Å². The number of anilines is 2. The van der Waals surface area contributed by atoms with Crippen LogP contribution in [0.1, 0.15) is 5.69 Å². The molecule has 0 aliphatic heterocycles. The molecule has 5 nitrogen and oxygen atoms in total. The summed E-state index contributed by atoms with van der Waals surface area (Å²) in [5.41, 5.74) is 0.974. The summed E-state index contributed by atoms with van der Waals surface area (Å²) < 4.78 is 0. The predicted molar refractivity (Wildman–Crippen MR) is 67.9 cm³/mol. The Bertz CT molecular complexity index is 469. The minimum Gasteiger partial charge on any atom is -0.363 e. The second-order valence-electron chi connectivity index (χ2n) is 3.83. The number of rotatable bonds is 4. The maximum atomic E-state index is 4.50. The van der Waals surface area contributed by atoms with Gasteiger partial charge < -0.3 is 10.2 Å². The fraction of sp³-hybridized carbons (Fsp3) is 0.250. The second-order valence-corrected chi connectivity index (χ2v) is 3.83. The molecule has 17 heavy (non-hydrogen) atoms. The van der Waals surface area contributed by atoms with Crippen molar-refractivity contribution in [1.82, 2.24) is 15.0 Å². The Morgan fingerprint density at radius 3 is 2.82 bits per heavy atom. The highest BCUT2D eigenvalue weighted by atomic mass is 15.1. The third kappa shape index (κ3) is 3.14. The monoisotopic (exact) mass is 229 g/mol. The Hall–Kier alpha value is -2.17. The number of nitrogens with zero attached hydrogens (tertiary/aromatic N) is 4. The second kappa shape index (κ2) is 5.25. The molecule has 5 heteroatoms. The lowest BCUT2D eigenvalue weighted by Crippen LogP contribution is -2.12. The van der Waals surface area contributed by atoms with Gasteiger partial charge in [0.25, 0.3) is 0 Å². The van der Waals surface area contributed by atoms with Gasteiger partial charge in [0.15, 0.2) is 0 Å².